The van der Waals surface area contributed by atoms with Crippen molar-refractivity contribution in [2.24, 2.45) is 5.92 Å². The summed E-state index contributed by atoms with van der Waals surface area (Å²) in [6.07, 6.45) is 4.86. The van der Waals surface area contributed by atoms with Gasteiger partial charge in [-0.1, -0.05) is 0 Å². The highest BCUT2D eigenvalue weighted by molar-refractivity contribution is 5.68. The van der Waals surface area contributed by atoms with E-state index in [4.69, 9.17) is 4.74 Å². The lowest BCUT2D eigenvalue weighted by Crippen LogP contribution is -2.27. The van der Waals surface area contributed by atoms with Crippen molar-refractivity contribution < 1.29 is 4.74 Å². The predicted molar refractivity (Wildman–Crippen MR) is 70.6 cm³/mol. The second-order valence-corrected chi connectivity index (χ2v) is 4.84. The van der Waals surface area contributed by atoms with Gasteiger partial charge in [0.25, 0.3) is 0 Å². The number of nitrogens with zero attached hydrogens (tertiary/aromatic N) is 2. The van der Waals surface area contributed by atoms with E-state index in [0.717, 1.165) is 25.3 Å². The zero-order valence-corrected chi connectivity index (χ0v) is 10.8. The molecule has 1 saturated heterocycles. The molecule has 0 aliphatic carbocycles. The summed E-state index contributed by atoms with van der Waals surface area (Å²) in [6, 6.07) is 2.45. The highest BCUT2D eigenvalue weighted by atomic mass is 16.5. The highest BCUT2D eigenvalue weighted by Gasteiger charge is 2.22. The predicted octanol–water partition coefficient (Wildman–Crippen LogP) is 1.98. The number of rotatable bonds is 4. The van der Waals surface area contributed by atoms with E-state index in [-0.39, 0.29) is 0 Å². The lowest BCUT2D eigenvalue weighted by atomic mass is 10.0. The van der Waals surface area contributed by atoms with Crippen LogP contribution in [0.1, 0.15) is 13.3 Å². The van der Waals surface area contributed by atoms with Crippen LogP contribution >= 0.6 is 0 Å². The second-order valence-electron chi connectivity index (χ2n) is 4.84. The Hall–Kier alpha value is -1.29. The summed E-state index contributed by atoms with van der Waals surface area (Å²) in [4.78, 5) is 6.29. The van der Waals surface area contributed by atoms with E-state index in [9.17, 15) is 0 Å². The number of hydrogen-bond donors (Lipinski definition) is 1. The molecule has 4 heteroatoms. The van der Waals surface area contributed by atoms with Crippen LogP contribution in [-0.4, -0.2) is 38.3 Å². The van der Waals surface area contributed by atoms with Gasteiger partial charge in [0, 0.05) is 38.9 Å². The summed E-state index contributed by atoms with van der Waals surface area (Å²) in [5, 5.41) is 3.55. The van der Waals surface area contributed by atoms with Crippen molar-refractivity contribution in [3.63, 3.8) is 0 Å². The van der Waals surface area contributed by atoms with Crippen LogP contribution in [-0.2, 0) is 4.74 Å². The standard InChI is InChI=1S/C13H21N3O/c1-10(11-5-7-17-9-11)15-12-8-14-6-4-13(12)16(2)3/h4,6,8,10-11,15H,5,7,9H2,1-3H3. The molecule has 2 heterocycles. The molecular weight excluding hydrogens is 214 g/mol. The quantitative estimate of drug-likeness (QED) is 0.866. The van der Waals surface area contributed by atoms with Gasteiger partial charge >= 0.3 is 0 Å². The molecule has 0 saturated carbocycles. The van der Waals surface area contributed by atoms with Crippen LogP contribution in [0.2, 0.25) is 0 Å². The molecule has 1 aromatic rings. The Morgan fingerprint density at radius 3 is 3.00 bits per heavy atom. The largest absolute Gasteiger partial charge is 0.381 e. The zero-order valence-electron chi connectivity index (χ0n) is 10.8. The molecule has 0 radical (unpaired) electrons. The number of anilines is 2. The second kappa shape index (κ2) is 5.36. The van der Waals surface area contributed by atoms with Gasteiger partial charge in [0.1, 0.15) is 0 Å². The summed E-state index contributed by atoms with van der Waals surface area (Å²) in [5.41, 5.74) is 2.27. The first kappa shape index (κ1) is 12.2. The summed E-state index contributed by atoms with van der Waals surface area (Å²) >= 11 is 0. The third-order valence-electron chi connectivity index (χ3n) is 3.34. The van der Waals surface area contributed by atoms with E-state index < -0.39 is 0 Å². The minimum Gasteiger partial charge on any atom is -0.381 e. The van der Waals surface area contributed by atoms with Crippen LogP contribution in [0.3, 0.4) is 0 Å². The maximum atomic E-state index is 5.43. The van der Waals surface area contributed by atoms with Crippen molar-refractivity contribution >= 4 is 11.4 Å². The van der Waals surface area contributed by atoms with Crippen LogP contribution in [0, 0.1) is 5.92 Å². The van der Waals surface area contributed by atoms with Crippen LogP contribution in [0.4, 0.5) is 11.4 Å². The lowest BCUT2D eigenvalue weighted by Gasteiger charge is -2.24. The first-order valence-electron chi connectivity index (χ1n) is 6.14. The Morgan fingerprint density at radius 2 is 2.35 bits per heavy atom. The molecule has 94 valence electrons. The zero-order chi connectivity index (χ0) is 12.3. The van der Waals surface area contributed by atoms with Crippen LogP contribution in [0.25, 0.3) is 0 Å². The summed E-state index contributed by atoms with van der Waals surface area (Å²) < 4.78 is 5.43. The summed E-state index contributed by atoms with van der Waals surface area (Å²) in [5.74, 6) is 0.602. The number of hydrogen-bond acceptors (Lipinski definition) is 4. The van der Waals surface area contributed by atoms with E-state index in [0.29, 0.717) is 12.0 Å². The van der Waals surface area contributed by atoms with Crippen molar-refractivity contribution in [2.75, 3.05) is 37.5 Å². The van der Waals surface area contributed by atoms with Crippen molar-refractivity contribution in [1.82, 2.24) is 4.98 Å². The first-order valence-corrected chi connectivity index (χ1v) is 6.14. The van der Waals surface area contributed by atoms with Crippen molar-refractivity contribution in [2.45, 2.75) is 19.4 Å². The van der Waals surface area contributed by atoms with Gasteiger partial charge in [0.05, 0.1) is 24.2 Å². The molecule has 17 heavy (non-hydrogen) atoms. The van der Waals surface area contributed by atoms with Gasteiger partial charge in [-0.3, -0.25) is 4.98 Å². The molecule has 2 unspecified atom stereocenters. The maximum absolute atomic E-state index is 5.43. The smallest absolute Gasteiger partial charge is 0.0766 e. The minimum atomic E-state index is 0.417. The maximum Gasteiger partial charge on any atom is 0.0766 e. The lowest BCUT2D eigenvalue weighted by molar-refractivity contribution is 0.183. The molecule has 0 bridgehead atoms. The fourth-order valence-electron chi connectivity index (χ4n) is 2.20. The number of pyridine rings is 1. The number of nitrogens with one attached hydrogen (secondary N) is 1. The molecule has 1 aliphatic rings. The number of aromatic nitrogens is 1. The van der Waals surface area contributed by atoms with Gasteiger partial charge in [0.15, 0.2) is 0 Å². The van der Waals surface area contributed by atoms with E-state index in [1.807, 2.05) is 32.6 Å². The molecule has 1 aromatic heterocycles. The highest BCUT2D eigenvalue weighted by Crippen LogP contribution is 2.26. The fraction of sp³-hybridized carbons (Fsp3) is 0.615. The third kappa shape index (κ3) is 2.88. The molecule has 1 fully saturated rings. The first-order chi connectivity index (χ1) is 8.18. The molecule has 4 nitrogen and oxygen atoms in total. The topological polar surface area (TPSA) is 37.4 Å². The molecule has 0 spiro atoms. The average Bonchev–Trinajstić information content (AvgIpc) is 2.83. The van der Waals surface area contributed by atoms with Crippen molar-refractivity contribution in [3.8, 4) is 0 Å². The Kier molecular flexibility index (Phi) is 3.84. The van der Waals surface area contributed by atoms with E-state index >= 15 is 0 Å². The average molecular weight is 235 g/mol. The van der Waals surface area contributed by atoms with Gasteiger partial charge in [-0.25, -0.2) is 0 Å². The van der Waals surface area contributed by atoms with Gasteiger partial charge in [-0.2, -0.15) is 0 Å². The third-order valence-corrected chi connectivity index (χ3v) is 3.34. The van der Waals surface area contributed by atoms with E-state index in [1.165, 1.54) is 5.69 Å². The monoisotopic (exact) mass is 235 g/mol. The normalized spacial score (nSPS) is 21.2. The molecule has 1 aliphatic heterocycles. The van der Waals surface area contributed by atoms with Crippen LogP contribution < -0.4 is 10.2 Å². The molecule has 0 amide bonds. The minimum absolute atomic E-state index is 0.417. The fourth-order valence-corrected chi connectivity index (χ4v) is 2.20. The van der Waals surface area contributed by atoms with E-state index in [2.05, 4.69) is 22.1 Å². The van der Waals surface area contributed by atoms with Gasteiger partial charge < -0.3 is 15.0 Å². The molecule has 1 N–H and O–H groups in total. The Labute approximate surface area is 103 Å². The van der Waals surface area contributed by atoms with Crippen LogP contribution in [0.5, 0.6) is 0 Å². The Balaban J connectivity index is 2.06. The van der Waals surface area contributed by atoms with Gasteiger partial charge in [-0.15, -0.1) is 0 Å². The van der Waals surface area contributed by atoms with Gasteiger partial charge in [0.2, 0.25) is 0 Å². The SMILES string of the molecule is CC(Nc1cnccc1N(C)C)C1CCOC1. The van der Waals surface area contributed by atoms with Crippen molar-refractivity contribution in [3.05, 3.63) is 18.5 Å². The van der Waals surface area contributed by atoms with Gasteiger partial charge in [-0.05, 0) is 19.4 Å². The Morgan fingerprint density at radius 1 is 1.53 bits per heavy atom. The van der Waals surface area contributed by atoms with Crippen LogP contribution in [0.15, 0.2) is 18.5 Å². The molecular formula is C13H21N3O. The molecule has 0 aromatic carbocycles. The summed E-state index contributed by atoms with van der Waals surface area (Å²) in [6.45, 7) is 3.97. The van der Waals surface area contributed by atoms with E-state index in [1.54, 1.807) is 0 Å². The number of ether oxygens (including phenoxy) is 1. The Bertz CT molecular complexity index is 361. The molecule has 2 rings (SSSR count). The van der Waals surface area contributed by atoms with Crippen molar-refractivity contribution in [1.29, 1.82) is 0 Å². The summed E-state index contributed by atoms with van der Waals surface area (Å²) in [7, 11) is 4.09. The molecule has 2 atom stereocenters.